The summed E-state index contributed by atoms with van der Waals surface area (Å²) in [5, 5.41) is 0. The summed E-state index contributed by atoms with van der Waals surface area (Å²) in [5.74, 6) is 2.44. The standard InChI is InChI=1S/C10H18O/c1-7(2)9-4-8(3)5-10(11)6-9/h7-9H,4-6H2,1-3H3. The monoisotopic (exact) mass is 154 g/mol. The molecule has 1 nitrogen and oxygen atoms in total. The Labute approximate surface area is 69.2 Å². The predicted octanol–water partition coefficient (Wildman–Crippen LogP) is 2.65. The van der Waals surface area contributed by atoms with Crippen molar-refractivity contribution in [1.82, 2.24) is 0 Å². The Kier molecular flexibility index (Phi) is 2.69. The third-order valence-electron chi connectivity index (χ3n) is 2.71. The molecule has 0 aromatic carbocycles. The minimum atomic E-state index is 0.474. The first-order chi connectivity index (χ1) is 5.09. The van der Waals surface area contributed by atoms with Crippen LogP contribution in [-0.4, -0.2) is 5.78 Å². The molecular weight excluding hydrogens is 136 g/mol. The average molecular weight is 154 g/mol. The van der Waals surface area contributed by atoms with Crippen LogP contribution >= 0.6 is 0 Å². The van der Waals surface area contributed by atoms with Gasteiger partial charge in [-0.15, -0.1) is 0 Å². The van der Waals surface area contributed by atoms with Gasteiger partial charge in [-0.3, -0.25) is 4.79 Å². The van der Waals surface area contributed by atoms with Gasteiger partial charge in [-0.1, -0.05) is 20.8 Å². The van der Waals surface area contributed by atoms with Crippen molar-refractivity contribution in [2.24, 2.45) is 17.8 Å². The lowest BCUT2D eigenvalue weighted by molar-refractivity contribution is -0.123. The van der Waals surface area contributed by atoms with Gasteiger partial charge in [0, 0.05) is 12.8 Å². The van der Waals surface area contributed by atoms with Gasteiger partial charge in [-0.25, -0.2) is 0 Å². The van der Waals surface area contributed by atoms with Crippen LogP contribution in [-0.2, 0) is 4.79 Å². The maximum atomic E-state index is 11.2. The van der Waals surface area contributed by atoms with Gasteiger partial charge in [-0.05, 0) is 24.2 Å². The van der Waals surface area contributed by atoms with E-state index in [0.717, 1.165) is 12.8 Å². The van der Waals surface area contributed by atoms with Gasteiger partial charge in [0.15, 0.2) is 0 Å². The second kappa shape index (κ2) is 3.38. The molecule has 0 bridgehead atoms. The summed E-state index contributed by atoms with van der Waals surface area (Å²) < 4.78 is 0. The van der Waals surface area contributed by atoms with Gasteiger partial charge >= 0.3 is 0 Å². The number of ketones is 1. The average Bonchev–Trinajstić information content (AvgIpc) is 1.85. The molecule has 11 heavy (non-hydrogen) atoms. The lowest BCUT2D eigenvalue weighted by Gasteiger charge is -2.28. The molecule has 0 saturated heterocycles. The summed E-state index contributed by atoms with van der Waals surface area (Å²) in [7, 11) is 0. The molecule has 64 valence electrons. The van der Waals surface area contributed by atoms with E-state index in [-0.39, 0.29) is 0 Å². The van der Waals surface area contributed by atoms with Gasteiger partial charge in [0.1, 0.15) is 5.78 Å². The minimum Gasteiger partial charge on any atom is -0.300 e. The van der Waals surface area contributed by atoms with Crippen molar-refractivity contribution in [3.05, 3.63) is 0 Å². The lowest BCUT2D eigenvalue weighted by atomic mass is 9.76. The molecule has 1 aliphatic carbocycles. The van der Waals surface area contributed by atoms with Crippen molar-refractivity contribution in [2.75, 3.05) is 0 Å². The van der Waals surface area contributed by atoms with Crippen molar-refractivity contribution in [3.63, 3.8) is 0 Å². The Balaban J connectivity index is 2.49. The van der Waals surface area contributed by atoms with Crippen molar-refractivity contribution in [3.8, 4) is 0 Å². The topological polar surface area (TPSA) is 17.1 Å². The quantitative estimate of drug-likeness (QED) is 0.567. The molecule has 0 heterocycles. The second-order valence-electron chi connectivity index (χ2n) is 4.29. The van der Waals surface area contributed by atoms with E-state index < -0.39 is 0 Å². The summed E-state index contributed by atoms with van der Waals surface area (Å²) in [4.78, 5) is 11.2. The normalized spacial score (nSPS) is 32.9. The fourth-order valence-corrected chi connectivity index (χ4v) is 1.96. The van der Waals surface area contributed by atoms with Gasteiger partial charge < -0.3 is 0 Å². The molecule has 0 aromatic rings. The first-order valence-electron chi connectivity index (χ1n) is 4.61. The van der Waals surface area contributed by atoms with Gasteiger partial charge in [0.2, 0.25) is 0 Å². The largest absolute Gasteiger partial charge is 0.300 e. The van der Waals surface area contributed by atoms with Crippen LogP contribution < -0.4 is 0 Å². The minimum absolute atomic E-state index is 0.474. The third kappa shape index (κ3) is 2.32. The molecule has 0 aromatic heterocycles. The van der Waals surface area contributed by atoms with E-state index in [1.54, 1.807) is 0 Å². The molecule has 1 heteroatoms. The van der Waals surface area contributed by atoms with Crippen LogP contribution in [0.1, 0.15) is 40.0 Å². The molecule has 2 atom stereocenters. The second-order valence-corrected chi connectivity index (χ2v) is 4.29. The highest BCUT2D eigenvalue weighted by Gasteiger charge is 2.26. The molecular formula is C10H18O. The number of hydrogen-bond acceptors (Lipinski definition) is 1. The van der Waals surface area contributed by atoms with E-state index >= 15 is 0 Å². The van der Waals surface area contributed by atoms with Crippen LogP contribution in [0, 0.1) is 17.8 Å². The molecule has 0 amide bonds. The number of rotatable bonds is 1. The molecule has 2 unspecified atom stereocenters. The van der Waals surface area contributed by atoms with Crippen LogP contribution in [0.4, 0.5) is 0 Å². The molecule has 0 aliphatic heterocycles. The van der Waals surface area contributed by atoms with Crippen molar-refractivity contribution >= 4 is 5.78 Å². The van der Waals surface area contributed by atoms with Gasteiger partial charge in [0.05, 0.1) is 0 Å². The Morgan fingerprint density at radius 2 is 2.00 bits per heavy atom. The number of carbonyl (C=O) groups is 1. The van der Waals surface area contributed by atoms with Crippen LogP contribution in [0.2, 0.25) is 0 Å². The highest BCUT2D eigenvalue weighted by molar-refractivity contribution is 5.79. The summed E-state index contributed by atoms with van der Waals surface area (Å²) in [6, 6.07) is 0. The molecule has 1 fully saturated rings. The van der Waals surface area contributed by atoms with Crippen LogP contribution in [0.25, 0.3) is 0 Å². The zero-order chi connectivity index (χ0) is 8.43. The first kappa shape index (κ1) is 8.76. The highest BCUT2D eigenvalue weighted by atomic mass is 16.1. The smallest absolute Gasteiger partial charge is 0.133 e. The highest BCUT2D eigenvalue weighted by Crippen LogP contribution is 2.31. The van der Waals surface area contributed by atoms with E-state index in [1.165, 1.54) is 6.42 Å². The summed E-state index contributed by atoms with van der Waals surface area (Å²) in [6.07, 6.45) is 2.91. The zero-order valence-corrected chi connectivity index (χ0v) is 7.76. The van der Waals surface area contributed by atoms with E-state index in [4.69, 9.17) is 0 Å². The third-order valence-corrected chi connectivity index (χ3v) is 2.71. The van der Waals surface area contributed by atoms with Crippen LogP contribution in [0.5, 0.6) is 0 Å². The number of hydrogen-bond donors (Lipinski definition) is 0. The maximum Gasteiger partial charge on any atom is 0.133 e. The van der Waals surface area contributed by atoms with E-state index in [9.17, 15) is 4.79 Å². The van der Waals surface area contributed by atoms with E-state index in [0.29, 0.717) is 23.5 Å². The van der Waals surface area contributed by atoms with Crippen LogP contribution in [0.15, 0.2) is 0 Å². The molecule has 0 N–H and O–H groups in total. The molecule has 1 aliphatic rings. The van der Waals surface area contributed by atoms with Gasteiger partial charge in [0.25, 0.3) is 0 Å². The molecule has 1 saturated carbocycles. The fraction of sp³-hybridized carbons (Fsp3) is 0.900. The molecule has 0 spiro atoms. The first-order valence-corrected chi connectivity index (χ1v) is 4.61. The lowest BCUT2D eigenvalue weighted by Crippen LogP contribution is -2.24. The van der Waals surface area contributed by atoms with E-state index in [2.05, 4.69) is 20.8 Å². The Morgan fingerprint density at radius 1 is 1.36 bits per heavy atom. The van der Waals surface area contributed by atoms with Crippen molar-refractivity contribution < 1.29 is 4.79 Å². The Bertz CT molecular complexity index is 149. The van der Waals surface area contributed by atoms with Crippen molar-refractivity contribution in [2.45, 2.75) is 40.0 Å². The van der Waals surface area contributed by atoms with E-state index in [1.807, 2.05) is 0 Å². The Morgan fingerprint density at radius 3 is 2.45 bits per heavy atom. The summed E-state index contributed by atoms with van der Waals surface area (Å²) in [5.41, 5.74) is 0. The number of Topliss-reactive ketones (excluding diaryl/α,β-unsaturated/α-hetero) is 1. The van der Waals surface area contributed by atoms with Gasteiger partial charge in [-0.2, -0.15) is 0 Å². The SMILES string of the molecule is CC1CC(=O)CC(C(C)C)C1. The Hall–Kier alpha value is -0.330. The number of carbonyl (C=O) groups excluding carboxylic acids is 1. The van der Waals surface area contributed by atoms with Crippen LogP contribution in [0.3, 0.4) is 0 Å². The maximum absolute atomic E-state index is 11.2. The zero-order valence-electron chi connectivity index (χ0n) is 7.76. The van der Waals surface area contributed by atoms with Crippen molar-refractivity contribution in [1.29, 1.82) is 0 Å². The summed E-state index contributed by atoms with van der Waals surface area (Å²) in [6.45, 7) is 6.62. The predicted molar refractivity (Wildman–Crippen MR) is 46.4 cm³/mol. The fourth-order valence-electron chi connectivity index (χ4n) is 1.96. The summed E-state index contributed by atoms with van der Waals surface area (Å²) >= 11 is 0. The molecule has 1 rings (SSSR count). The molecule has 0 radical (unpaired) electrons.